The van der Waals surface area contributed by atoms with E-state index >= 15 is 0 Å². The number of nitrogens with one attached hydrogen (secondary N) is 1. The lowest BCUT2D eigenvalue weighted by molar-refractivity contribution is -0.140. The molecular weight excluding hydrogens is 709 g/mol. The average molecular weight is 744 g/mol. The Labute approximate surface area is 278 Å². The van der Waals surface area contributed by atoms with Gasteiger partial charge in [-0.05, 0) is 88.2 Å². The molecule has 0 aliphatic heterocycles. The third-order valence-corrected chi connectivity index (χ3v) is 9.71. The second-order valence-corrected chi connectivity index (χ2v) is 14.3. The van der Waals surface area contributed by atoms with Gasteiger partial charge in [-0.3, -0.25) is 13.9 Å². The van der Waals surface area contributed by atoms with Crippen molar-refractivity contribution in [1.82, 2.24) is 10.2 Å². The van der Waals surface area contributed by atoms with E-state index in [9.17, 15) is 18.0 Å². The van der Waals surface area contributed by atoms with Crippen LogP contribution in [-0.2, 0) is 32.6 Å². The summed E-state index contributed by atoms with van der Waals surface area (Å²) in [6, 6.07) is 30.6. The highest BCUT2D eigenvalue weighted by atomic mass is 127. The molecule has 0 spiro atoms. The molecule has 1 atom stereocenters. The molecule has 0 bridgehead atoms. The van der Waals surface area contributed by atoms with Crippen LogP contribution in [0.5, 0.6) is 0 Å². The van der Waals surface area contributed by atoms with E-state index in [1.807, 2.05) is 44.2 Å². The molecule has 7 nitrogen and oxygen atoms in total. The van der Waals surface area contributed by atoms with Crippen LogP contribution in [0, 0.1) is 9.49 Å². The van der Waals surface area contributed by atoms with Gasteiger partial charge in [0.2, 0.25) is 11.8 Å². The first kappa shape index (κ1) is 33.5. The van der Waals surface area contributed by atoms with Crippen molar-refractivity contribution in [2.24, 2.45) is 5.92 Å². The molecule has 44 heavy (non-hydrogen) atoms. The van der Waals surface area contributed by atoms with Gasteiger partial charge in [-0.25, -0.2) is 8.42 Å². The second-order valence-electron chi connectivity index (χ2n) is 10.8. The van der Waals surface area contributed by atoms with Crippen molar-refractivity contribution in [1.29, 1.82) is 0 Å². The zero-order chi connectivity index (χ0) is 31.7. The van der Waals surface area contributed by atoms with Crippen molar-refractivity contribution >= 4 is 61.7 Å². The van der Waals surface area contributed by atoms with Crippen LogP contribution in [-0.4, -0.2) is 44.3 Å². The van der Waals surface area contributed by atoms with E-state index in [4.69, 9.17) is 11.6 Å². The van der Waals surface area contributed by atoms with Crippen molar-refractivity contribution in [2.75, 3.05) is 17.4 Å². The van der Waals surface area contributed by atoms with Gasteiger partial charge in [0.05, 0.1) is 10.6 Å². The standard InChI is InChI=1S/C34H35ClIN3O4S/c1-25(2)22-37-34(41)32(21-26-9-5-3-6-10-26)38(23-27-13-15-28(35)16-14-27)33(40)24-39(30-19-17-29(36)18-20-30)44(42,43)31-11-7-4-8-12-31/h3-20,25,32H,21-24H2,1-2H3,(H,37,41). The zero-order valence-electron chi connectivity index (χ0n) is 24.6. The van der Waals surface area contributed by atoms with Crippen molar-refractivity contribution in [3.8, 4) is 0 Å². The van der Waals surface area contributed by atoms with E-state index in [2.05, 4.69) is 27.9 Å². The van der Waals surface area contributed by atoms with Gasteiger partial charge in [-0.15, -0.1) is 0 Å². The van der Waals surface area contributed by atoms with Gasteiger partial charge in [0, 0.05) is 28.1 Å². The number of hydrogen-bond donors (Lipinski definition) is 1. The van der Waals surface area contributed by atoms with Gasteiger partial charge in [0.25, 0.3) is 10.0 Å². The lowest BCUT2D eigenvalue weighted by atomic mass is 10.0. The van der Waals surface area contributed by atoms with Crippen LogP contribution in [0.1, 0.15) is 25.0 Å². The van der Waals surface area contributed by atoms with Gasteiger partial charge >= 0.3 is 0 Å². The van der Waals surface area contributed by atoms with Gasteiger partial charge in [-0.2, -0.15) is 0 Å². The first-order chi connectivity index (χ1) is 21.0. The monoisotopic (exact) mass is 743 g/mol. The fourth-order valence-corrected chi connectivity index (χ4v) is 6.54. The largest absolute Gasteiger partial charge is 0.354 e. The summed E-state index contributed by atoms with van der Waals surface area (Å²) >= 11 is 8.28. The highest BCUT2D eigenvalue weighted by molar-refractivity contribution is 14.1. The van der Waals surface area contributed by atoms with E-state index in [1.165, 1.54) is 17.0 Å². The van der Waals surface area contributed by atoms with Crippen LogP contribution >= 0.6 is 34.2 Å². The lowest BCUT2D eigenvalue weighted by Crippen LogP contribution is -2.53. The summed E-state index contributed by atoms with van der Waals surface area (Å²) in [6.45, 7) is 4.00. The molecule has 2 amide bonds. The minimum Gasteiger partial charge on any atom is -0.354 e. The molecular formula is C34H35ClIN3O4S. The molecule has 4 aromatic rings. The Hall–Kier alpha value is -3.41. The molecule has 230 valence electrons. The predicted octanol–water partition coefficient (Wildman–Crippen LogP) is 6.55. The quantitative estimate of drug-likeness (QED) is 0.158. The molecule has 4 aromatic carbocycles. The molecule has 0 saturated carbocycles. The fourth-order valence-electron chi connectivity index (χ4n) is 4.62. The Morgan fingerprint density at radius 3 is 2.00 bits per heavy atom. The molecule has 1 N–H and O–H groups in total. The highest BCUT2D eigenvalue weighted by Crippen LogP contribution is 2.26. The summed E-state index contributed by atoms with van der Waals surface area (Å²) < 4.78 is 30.0. The normalized spacial score (nSPS) is 12.0. The molecule has 10 heteroatoms. The Bertz CT molecular complexity index is 1640. The van der Waals surface area contributed by atoms with Gasteiger partial charge in [-0.1, -0.05) is 86.1 Å². The Kier molecular flexibility index (Phi) is 11.8. The summed E-state index contributed by atoms with van der Waals surface area (Å²) in [5, 5.41) is 3.54. The molecule has 0 fully saturated rings. The summed E-state index contributed by atoms with van der Waals surface area (Å²) in [6.07, 6.45) is 0.249. The summed E-state index contributed by atoms with van der Waals surface area (Å²) in [7, 11) is -4.13. The average Bonchev–Trinajstić information content (AvgIpc) is 3.02. The molecule has 1 unspecified atom stereocenters. The number of hydrogen-bond acceptors (Lipinski definition) is 4. The Morgan fingerprint density at radius 1 is 0.818 bits per heavy atom. The molecule has 0 radical (unpaired) electrons. The molecule has 0 saturated heterocycles. The van der Waals surface area contributed by atoms with Gasteiger partial charge < -0.3 is 10.2 Å². The number of benzene rings is 4. The second kappa shape index (κ2) is 15.5. The zero-order valence-corrected chi connectivity index (χ0v) is 28.3. The molecule has 0 heterocycles. The maximum Gasteiger partial charge on any atom is 0.264 e. The van der Waals surface area contributed by atoms with Crippen LogP contribution in [0.3, 0.4) is 0 Å². The molecule has 0 aliphatic carbocycles. The summed E-state index contributed by atoms with van der Waals surface area (Å²) in [5.41, 5.74) is 1.97. The number of anilines is 1. The predicted molar refractivity (Wildman–Crippen MR) is 184 cm³/mol. The molecule has 0 aliphatic rings. The van der Waals surface area contributed by atoms with E-state index in [0.717, 1.165) is 19.0 Å². The van der Waals surface area contributed by atoms with E-state index in [-0.39, 0.29) is 29.7 Å². The molecule has 0 aromatic heterocycles. The van der Waals surface area contributed by atoms with Crippen LogP contribution in [0.15, 0.2) is 114 Å². The minimum atomic E-state index is -4.13. The van der Waals surface area contributed by atoms with E-state index < -0.39 is 28.5 Å². The summed E-state index contributed by atoms with van der Waals surface area (Å²) in [4.78, 5) is 29.8. The van der Waals surface area contributed by atoms with Crippen molar-refractivity contribution < 1.29 is 18.0 Å². The topological polar surface area (TPSA) is 86.8 Å². The van der Waals surface area contributed by atoms with Crippen molar-refractivity contribution in [2.45, 2.75) is 37.8 Å². The first-order valence-electron chi connectivity index (χ1n) is 14.2. The van der Waals surface area contributed by atoms with E-state index in [0.29, 0.717) is 17.3 Å². The Morgan fingerprint density at radius 2 is 1.41 bits per heavy atom. The van der Waals surface area contributed by atoms with Crippen LogP contribution in [0.2, 0.25) is 5.02 Å². The number of rotatable bonds is 13. The Balaban J connectivity index is 1.78. The maximum absolute atomic E-state index is 14.4. The smallest absolute Gasteiger partial charge is 0.264 e. The van der Waals surface area contributed by atoms with Crippen LogP contribution in [0.4, 0.5) is 5.69 Å². The number of sulfonamides is 1. The fraction of sp³-hybridized carbons (Fsp3) is 0.235. The van der Waals surface area contributed by atoms with Crippen molar-refractivity contribution in [3.63, 3.8) is 0 Å². The summed E-state index contributed by atoms with van der Waals surface area (Å²) in [5.74, 6) is -0.626. The first-order valence-corrected chi connectivity index (χ1v) is 17.1. The SMILES string of the molecule is CC(C)CNC(=O)C(Cc1ccccc1)N(Cc1ccc(Cl)cc1)C(=O)CN(c1ccc(I)cc1)S(=O)(=O)c1ccccc1. The number of carbonyl (C=O) groups excluding carboxylic acids is 2. The van der Waals surface area contributed by atoms with Crippen LogP contribution in [0.25, 0.3) is 0 Å². The van der Waals surface area contributed by atoms with Crippen LogP contribution < -0.4 is 9.62 Å². The van der Waals surface area contributed by atoms with Gasteiger partial charge in [0.1, 0.15) is 12.6 Å². The molecule has 4 rings (SSSR count). The number of carbonyl (C=O) groups is 2. The number of nitrogens with zero attached hydrogens (tertiary/aromatic N) is 2. The number of amides is 2. The number of halogens is 2. The maximum atomic E-state index is 14.4. The van der Waals surface area contributed by atoms with E-state index in [1.54, 1.807) is 66.7 Å². The van der Waals surface area contributed by atoms with Gasteiger partial charge in [0.15, 0.2) is 0 Å². The van der Waals surface area contributed by atoms with Crippen molar-refractivity contribution in [3.05, 3.63) is 129 Å². The third kappa shape index (κ3) is 9.06. The lowest BCUT2D eigenvalue weighted by Gasteiger charge is -2.34. The minimum absolute atomic E-state index is 0.0612. The third-order valence-electron chi connectivity index (χ3n) is 6.95. The highest BCUT2D eigenvalue weighted by Gasteiger charge is 2.34.